The Morgan fingerprint density at radius 1 is 1.47 bits per heavy atom. The van der Waals surface area contributed by atoms with E-state index in [0.29, 0.717) is 30.4 Å². The highest BCUT2D eigenvalue weighted by molar-refractivity contribution is 6.32. The maximum Gasteiger partial charge on any atom is 0.160 e. The van der Waals surface area contributed by atoms with Crippen LogP contribution in [0.1, 0.15) is 18.1 Å². The fourth-order valence-corrected chi connectivity index (χ4v) is 1.94. The van der Waals surface area contributed by atoms with Crippen molar-refractivity contribution in [3.8, 4) is 5.75 Å². The Morgan fingerprint density at radius 3 is 2.82 bits per heavy atom. The van der Waals surface area contributed by atoms with E-state index in [9.17, 15) is 5.11 Å². The standard InChI is InChI=1S/C12H15ClO4/c1-15-11-6-8(2-3-9(11)13)10(14)7-12-16-4-5-17-12/h2-3,6,10,12,14H,4-5,7H2,1H3. The van der Waals surface area contributed by atoms with E-state index in [0.717, 1.165) is 5.56 Å². The van der Waals surface area contributed by atoms with Crippen LogP contribution < -0.4 is 4.74 Å². The molecule has 0 aliphatic carbocycles. The average molecular weight is 259 g/mol. The molecule has 0 aromatic heterocycles. The molecule has 0 amide bonds. The first-order valence-corrected chi connectivity index (χ1v) is 5.83. The Balaban J connectivity index is 2.04. The zero-order valence-corrected chi connectivity index (χ0v) is 10.3. The summed E-state index contributed by atoms with van der Waals surface area (Å²) in [6, 6.07) is 5.20. The molecular weight excluding hydrogens is 244 g/mol. The number of aliphatic hydroxyl groups excluding tert-OH is 1. The van der Waals surface area contributed by atoms with Gasteiger partial charge in [-0.3, -0.25) is 0 Å². The second-order valence-corrected chi connectivity index (χ2v) is 4.22. The third-order valence-electron chi connectivity index (χ3n) is 2.67. The predicted molar refractivity (Wildman–Crippen MR) is 63.3 cm³/mol. The van der Waals surface area contributed by atoms with Crippen molar-refractivity contribution in [2.24, 2.45) is 0 Å². The molecule has 0 bridgehead atoms. The highest BCUT2D eigenvalue weighted by Crippen LogP contribution is 2.30. The first-order chi connectivity index (χ1) is 8.20. The number of benzene rings is 1. The summed E-state index contributed by atoms with van der Waals surface area (Å²) in [5.41, 5.74) is 0.741. The highest BCUT2D eigenvalue weighted by atomic mass is 35.5. The molecule has 1 N–H and O–H groups in total. The number of halogens is 1. The number of hydrogen-bond donors (Lipinski definition) is 1. The van der Waals surface area contributed by atoms with Crippen LogP contribution in [-0.4, -0.2) is 31.7 Å². The van der Waals surface area contributed by atoms with Crippen molar-refractivity contribution in [3.05, 3.63) is 28.8 Å². The zero-order chi connectivity index (χ0) is 12.3. The van der Waals surface area contributed by atoms with Gasteiger partial charge in [-0.05, 0) is 17.7 Å². The lowest BCUT2D eigenvalue weighted by atomic mass is 10.1. The van der Waals surface area contributed by atoms with E-state index in [2.05, 4.69) is 0 Å². The molecule has 94 valence electrons. The van der Waals surface area contributed by atoms with Gasteiger partial charge in [0.25, 0.3) is 0 Å². The van der Waals surface area contributed by atoms with Gasteiger partial charge in [0.05, 0.1) is 31.5 Å². The van der Waals surface area contributed by atoms with Crippen molar-refractivity contribution in [3.63, 3.8) is 0 Å². The third-order valence-corrected chi connectivity index (χ3v) is 2.98. The summed E-state index contributed by atoms with van der Waals surface area (Å²) in [4.78, 5) is 0. The minimum atomic E-state index is -0.649. The molecule has 1 unspecified atom stereocenters. The smallest absolute Gasteiger partial charge is 0.160 e. The fraction of sp³-hybridized carbons (Fsp3) is 0.500. The van der Waals surface area contributed by atoms with Crippen molar-refractivity contribution < 1.29 is 19.3 Å². The fourth-order valence-electron chi connectivity index (χ4n) is 1.75. The minimum Gasteiger partial charge on any atom is -0.495 e. The minimum absolute atomic E-state index is 0.327. The first-order valence-electron chi connectivity index (χ1n) is 5.45. The van der Waals surface area contributed by atoms with Crippen LogP contribution in [0.2, 0.25) is 5.02 Å². The van der Waals surface area contributed by atoms with Gasteiger partial charge in [-0.2, -0.15) is 0 Å². The molecule has 1 aliphatic heterocycles. The molecule has 2 rings (SSSR count). The number of rotatable bonds is 4. The molecule has 1 heterocycles. The van der Waals surface area contributed by atoms with Crippen LogP contribution in [0.15, 0.2) is 18.2 Å². The molecule has 0 saturated carbocycles. The number of ether oxygens (including phenoxy) is 3. The summed E-state index contributed by atoms with van der Waals surface area (Å²) in [5, 5.41) is 10.6. The molecule has 5 heteroatoms. The molecule has 1 aliphatic rings. The van der Waals surface area contributed by atoms with Crippen LogP contribution in [0.5, 0.6) is 5.75 Å². The van der Waals surface area contributed by atoms with Crippen LogP contribution in [0.4, 0.5) is 0 Å². The van der Waals surface area contributed by atoms with Gasteiger partial charge in [-0.15, -0.1) is 0 Å². The third kappa shape index (κ3) is 3.10. The number of methoxy groups -OCH3 is 1. The summed E-state index contributed by atoms with van der Waals surface area (Å²) < 4.78 is 15.7. The Morgan fingerprint density at radius 2 is 2.18 bits per heavy atom. The van der Waals surface area contributed by atoms with E-state index in [1.165, 1.54) is 0 Å². The predicted octanol–water partition coefficient (Wildman–Crippen LogP) is 2.14. The van der Waals surface area contributed by atoms with Crippen LogP contribution in [0.3, 0.4) is 0 Å². The van der Waals surface area contributed by atoms with Crippen LogP contribution in [-0.2, 0) is 9.47 Å². The van der Waals surface area contributed by atoms with Gasteiger partial charge < -0.3 is 19.3 Å². The van der Waals surface area contributed by atoms with Crippen molar-refractivity contribution in [2.45, 2.75) is 18.8 Å². The monoisotopic (exact) mass is 258 g/mol. The van der Waals surface area contributed by atoms with Gasteiger partial charge in [0.1, 0.15) is 5.75 Å². The SMILES string of the molecule is COc1cc(C(O)CC2OCCO2)ccc1Cl. The van der Waals surface area contributed by atoms with Gasteiger partial charge in [0, 0.05) is 6.42 Å². The second kappa shape index (κ2) is 5.69. The molecule has 1 atom stereocenters. The van der Waals surface area contributed by atoms with Gasteiger partial charge in [-0.1, -0.05) is 17.7 Å². The number of aliphatic hydroxyl groups is 1. The van der Waals surface area contributed by atoms with Crippen molar-refractivity contribution in [2.75, 3.05) is 20.3 Å². The van der Waals surface area contributed by atoms with E-state index in [1.807, 2.05) is 0 Å². The molecule has 0 radical (unpaired) electrons. The van der Waals surface area contributed by atoms with E-state index < -0.39 is 6.10 Å². The first kappa shape index (κ1) is 12.6. The van der Waals surface area contributed by atoms with Crippen molar-refractivity contribution >= 4 is 11.6 Å². The molecule has 1 saturated heterocycles. The Kier molecular flexibility index (Phi) is 4.23. The molecule has 4 nitrogen and oxygen atoms in total. The van der Waals surface area contributed by atoms with E-state index in [-0.39, 0.29) is 6.29 Å². The molecule has 1 fully saturated rings. The Labute approximate surface area is 105 Å². The molecule has 0 spiro atoms. The van der Waals surface area contributed by atoms with E-state index >= 15 is 0 Å². The summed E-state index contributed by atoms with van der Waals surface area (Å²) >= 11 is 5.92. The molecular formula is C12H15ClO4. The lowest BCUT2D eigenvalue weighted by Gasteiger charge is -2.16. The van der Waals surface area contributed by atoms with Crippen LogP contribution in [0.25, 0.3) is 0 Å². The van der Waals surface area contributed by atoms with Crippen molar-refractivity contribution in [1.82, 2.24) is 0 Å². The van der Waals surface area contributed by atoms with Gasteiger partial charge >= 0.3 is 0 Å². The summed E-state index contributed by atoms with van der Waals surface area (Å²) in [7, 11) is 1.54. The second-order valence-electron chi connectivity index (χ2n) is 3.82. The summed E-state index contributed by atoms with van der Waals surface area (Å²) in [6.45, 7) is 1.17. The zero-order valence-electron chi connectivity index (χ0n) is 9.56. The molecule has 1 aromatic carbocycles. The maximum atomic E-state index is 10.0. The molecule has 17 heavy (non-hydrogen) atoms. The van der Waals surface area contributed by atoms with Gasteiger partial charge in [0.2, 0.25) is 0 Å². The Bertz CT molecular complexity index is 377. The maximum absolute atomic E-state index is 10.0. The van der Waals surface area contributed by atoms with E-state index in [4.69, 9.17) is 25.8 Å². The summed E-state index contributed by atoms with van der Waals surface area (Å²) in [6.07, 6.45) is -0.568. The normalized spacial score (nSPS) is 18.3. The highest BCUT2D eigenvalue weighted by Gasteiger charge is 2.21. The van der Waals surface area contributed by atoms with Gasteiger partial charge in [0.15, 0.2) is 6.29 Å². The van der Waals surface area contributed by atoms with Gasteiger partial charge in [-0.25, -0.2) is 0 Å². The quantitative estimate of drug-likeness (QED) is 0.899. The van der Waals surface area contributed by atoms with Crippen molar-refractivity contribution in [1.29, 1.82) is 0 Å². The topological polar surface area (TPSA) is 47.9 Å². The average Bonchev–Trinajstić information content (AvgIpc) is 2.82. The lowest BCUT2D eigenvalue weighted by molar-refractivity contribution is -0.0708. The van der Waals surface area contributed by atoms with Crippen LogP contribution >= 0.6 is 11.6 Å². The number of hydrogen-bond acceptors (Lipinski definition) is 4. The largest absolute Gasteiger partial charge is 0.495 e. The van der Waals surface area contributed by atoms with Crippen LogP contribution in [0, 0.1) is 0 Å². The lowest BCUT2D eigenvalue weighted by Crippen LogP contribution is -2.13. The molecule has 1 aromatic rings. The Hall–Kier alpha value is -0.810. The van der Waals surface area contributed by atoms with E-state index in [1.54, 1.807) is 25.3 Å². The summed E-state index contributed by atoms with van der Waals surface area (Å²) in [5.74, 6) is 0.552.